The maximum Gasteiger partial charge on any atom is 0.0701 e. The summed E-state index contributed by atoms with van der Waals surface area (Å²) in [7, 11) is 2.28. The SMILES string of the molecule is CCNC1CC(C)CC(C)C1CN(C)CC1CCCCO1. The fourth-order valence-corrected chi connectivity index (χ4v) is 4.45. The van der Waals surface area contributed by atoms with Crippen molar-refractivity contribution >= 4 is 0 Å². The second kappa shape index (κ2) is 8.50. The van der Waals surface area contributed by atoms with Crippen molar-refractivity contribution in [3.63, 3.8) is 0 Å². The van der Waals surface area contributed by atoms with E-state index in [1.165, 1.54) is 38.6 Å². The molecule has 0 aromatic carbocycles. The molecule has 1 saturated carbocycles. The molecular formula is C18H36N2O. The van der Waals surface area contributed by atoms with Gasteiger partial charge in [0, 0.05) is 25.7 Å². The van der Waals surface area contributed by atoms with Crippen LogP contribution in [0.1, 0.15) is 52.9 Å². The minimum absolute atomic E-state index is 0.471. The molecular weight excluding hydrogens is 260 g/mol. The molecule has 5 atom stereocenters. The Bertz CT molecular complexity index is 291. The van der Waals surface area contributed by atoms with Gasteiger partial charge in [0.05, 0.1) is 6.10 Å². The lowest BCUT2D eigenvalue weighted by Gasteiger charge is -2.42. The van der Waals surface area contributed by atoms with Crippen molar-refractivity contribution in [1.29, 1.82) is 0 Å². The van der Waals surface area contributed by atoms with E-state index >= 15 is 0 Å². The van der Waals surface area contributed by atoms with Gasteiger partial charge in [-0.15, -0.1) is 0 Å². The molecule has 1 aliphatic carbocycles. The highest BCUT2D eigenvalue weighted by atomic mass is 16.5. The van der Waals surface area contributed by atoms with Crippen LogP contribution in [0.3, 0.4) is 0 Å². The van der Waals surface area contributed by atoms with Crippen LogP contribution < -0.4 is 5.32 Å². The topological polar surface area (TPSA) is 24.5 Å². The van der Waals surface area contributed by atoms with Gasteiger partial charge < -0.3 is 15.0 Å². The minimum Gasteiger partial charge on any atom is -0.377 e. The first-order valence-electron chi connectivity index (χ1n) is 9.13. The molecule has 124 valence electrons. The molecule has 2 fully saturated rings. The van der Waals surface area contributed by atoms with Gasteiger partial charge >= 0.3 is 0 Å². The highest BCUT2D eigenvalue weighted by molar-refractivity contribution is 4.89. The molecule has 21 heavy (non-hydrogen) atoms. The highest BCUT2D eigenvalue weighted by Crippen LogP contribution is 2.34. The number of nitrogens with one attached hydrogen (secondary N) is 1. The van der Waals surface area contributed by atoms with E-state index in [1.54, 1.807) is 0 Å². The summed E-state index contributed by atoms with van der Waals surface area (Å²) in [5, 5.41) is 3.75. The number of nitrogens with zero attached hydrogens (tertiary/aromatic N) is 1. The molecule has 2 rings (SSSR count). The zero-order valence-corrected chi connectivity index (χ0v) is 14.6. The Balaban J connectivity index is 1.85. The molecule has 0 spiro atoms. The molecule has 3 nitrogen and oxygen atoms in total. The lowest BCUT2D eigenvalue weighted by Crippen LogP contribution is -2.49. The Kier molecular flexibility index (Phi) is 6.97. The van der Waals surface area contributed by atoms with Crippen LogP contribution in [0.5, 0.6) is 0 Å². The van der Waals surface area contributed by atoms with Crippen LogP contribution in [0.25, 0.3) is 0 Å². The highest BCUT2D eigenvalue weighted by Gasteiger charge is 2.34. The van der Waals surface area contributed by atoms with Crippen LogP contribution in [0.15, 0.2) is 0 Å². The summed E-state index contributed by atoms with van der Waals surface area (Å²) in [6.07, 6.45) is 7.05. The number of rotatable bonds is 6. The molecule has 2 aliphatic rings. The van der Waals surface area contributed by atoms with Crippen molar-refractivity contribution in [1.82, 2.24) is 10.2 Å². The van der Waals surface area contributed by atoms with Crippen molar-refractivity contribution in [3.8, 4) is 0 Å². The Morgan fingerprint density at radius 3 is 2.62 bits per heavy atom. The van der Waals surface area contributed by atoms with Gasteiger partial charge in [0.1, 0.15) is 0 Å². The molecule has 5 unspecified atom stereocenters. The maximum atomic E-state index is 5.90. The molecule has 1 heterocycles. The second-order valence-corrected chi connectivity index (χ2v) is 7.59. The standard InChI is InChI=1S/C18H36N2O/c1-5-19-18-11-14(2)10-15(3)17(18)13-20(4)12-16-8-6-7-9-21-16/h14-19H,5-13H2,1-4H3. The minimum atomic E-state index is 0.471. The summed E-state index contributed by atoms with van der Waals surface area (Å²) >= 11 is 0. The average molecular weight is 296 g/mol. The molecule has 0 bridgehead atoms. The quantitative estimate of drug-likeness (QED) is 0.815. The Hall–Kier alpha value is -0.120. The molecule has 0 amide bonds. The Morgan fingerprint density at radius 2 is 1.95 bits per heavy atom. The zero-order chi connectivity index (χ0) is 15.2. The van der Waals surface area contributed by atoms with Gasteiger partial charge in [-0.05, 0) is 63.5 Å². The van der Waals surface area contributed by atoms with Gasteiger partial charge in [-0.3, -0.25) is 0 Å². The van der Waals surface area contributed by atoms with Gasteiger partial charge in [0.25, 0.3) is 0 Å². The van der Waals surface area contributed by atoms with Crippen molar-refractivity contribution in [2.24, 2.45) is 17.8 Å². The van der Waals surface area contributed by atoms with Crippen LogP contribution in [0.4, 0.5) is 0 Å². The average Bonchev–Trinajstić information content (AvgIpc) is 2.44. The fourth-order valence-electron chi connectivity index (χ4n) is 4.45. The van der Waals surface area contributed by atoms with E-state index in [2.05, 4.69) is 38.0 Å². The lowest BCUT2D eigenvalue weighted by atomic mass is 9.72. The Morgan fingerprint density at radius 1 is 1.14 bits per heavy atom. The molecule has 3 heteroatoms. The van der Waals surface area contributed by atoms with E-state index in [-0.39, 0.29) is 0 Å². The number of hydrogen-bond acceptors (Lipinski definition) is 3. The lowest BCUT2D eigenvalue weighted by molar-refractivity contribution is -0.00805. The van der Waals surface area contributed by atoms with Gasteiger partial charge in [-0.2, -0.15) is 0 Å². The molecule has 0 radical (unpaired) electrons. The molecule has 0 aromatic rings. The number of likely N-dealkylation sites (N-methyl/N-ethyl adjacent to an activating group) is 1. The normalized spacial score (nSPS) is 37.9. The monoisotopic (exact) mass is 296 g/mol. The van der Waals surface area contributed by atoms with E-state index in [0.717, 1.165) is 37.5 Å². The molecule has 0 aromatic heterocycles. The van der Waals surface area contributed by atoms with Crippen molar-refractivity contribution in [2.45, 2.75) is 65.0 Å². The van der Waals surface area contributed by atoms with E-state index < -0.39 is 0 Å². The van der Waals surface area contributed by atoms with Crippen molar-refractivity contribution < 1.29 is 4.74 Å². The fraction of sp³-hybridized carbons (Fsp3) is 1.00. The van der Waals surface area contributed by atoms with Gasteiger partial charge in [0.2, 0.25) is 0 Å². The third-order valence-electron chi connectivity index (χ3n) is 5.46. The maximum absolute atomic E-state index is 5.90. The first-order valence-corrected chi connectivity index (χ1v) is 9.13. The second-order valence-electron chi connectivity index (χ2n) is 7.59. The van der Waals surface area contributed by atoms with E-state index in [0.29, 0.717) is 12.1 Å². The summed E-state index contributed by atoms with van der Waals surface area (Å²) in [5.74, 6) is 2.48. The molecule has 1 saturated heterocycles. The predicted molar refractivity (Wildman–Crippen MR) is 89.6 cm³/mol. The number of hydrogen-bond donors (Lipinski definition) is 1. The molecule has 1 aliphatic heterocycles. The van der Waals surface area contributed by atoms with Crippen LogP contribution in [-0.4, -0.2) is 50.3 Å². The van der Waals surface area contributed by atoms with Crippen LogP contribution in [-0.2, 0) is 4.74 Å². The summed E-state index contributed by atoms with van der Waals surface area (Å²) in [6.45, 7) is 11.5. The third-order valence-corrected chi connectivity index (χ3v) is 5.46. The van der Waals surface area contributed by atoms with Crippen LogP contribution >= 0.6 is 0 Å². The summed E-state index contributed by atoms with van der Waals surface area (Å²) in [4.78, 5) is 2.53. The van der Waals surface area contributed by atoms with E-state index in [4.69, 9.17) is 4.74 Å². The molecule has 1 N–H and O–H groups in total. The zero-order valence-electron chi connectivity index (χ0n) is 14.6. The first-order chi connectivity index (χ1) is 10.1. The summed E-state index contributed by atoms with van der Waals surface area (Å²) in [5.41, 5.74) is 0. The largest absolute Gasteiger partial charge is 0.377 e. The summed E-state index contributed by atoms with van der Waals surface area (Å²) < 4.78 is 5.90. The first kappa shape index (κ1) is 17.2. The third kappa shape index (κ3) is 5.22. The number of ether oxygens (including phenoxy) is 1. The van der Waals surface area contributed by atoms with Crippen molar-refractivity contribution in [2.75, 3.05) is 33.3 Å². The van der Waals surface area contributed by atoms with E-state index in [9.17, 15) is 0 Å². The predicted octanol–water partition coefficient (Wildman–Crippen LogP) is 3.15. The van der Waals surface area contributed by atoms with Crippen LogP contribution in [0, 0.1) is 17.8 Å². The summed E-state index contributed by atoms with van der Waals surface area (Å²) in [6, 6.07) is 0.698. The van der Waals surface area contributed by atoms with E-state index in [1.807, 2.05) is 0 Å². The van der Waals surface area contributed by atoms with Gasteiger partial charge in [0.15, 0.2) is 0 Å². The van der Waals surface area contributed by atoms with Gasteiger partial charge in [-0.1, -0.05) is 20.8 Å². The Labute approximate surface area is 131 Å². The smallest absolute Gasteiger partial charge is 0.0701 e. The van der Waals surface area contributed by atoms with Crippen molar-refractivity contribution in [3.05, 3.63) is 0 Å². The van der Waals surface area contributed by atoms with Gasteiger partial charge in [-0.25, -0.2) is 0 Å². The van der Waals surface area contributed by atoms with Crippen LogP contribution in [0.2, 0.25) is 0 Å².